The van der Waals surface area contributed by atoms with Crippen LogP contribution in [0.1, 0.15) is 15.9 Å². The summed E-state index contributed by atoms with van der Waals surface area (Å²) in [5, 5.41) is 11.3. The van der Waals surface area contributed by atoms with Crippen LogP contribution in [0.5, 0.6) is 23.0 Å². The fourth-order valence-corrected chi connectivity index (χ4v) is 2.61. The number of halogens is 2. The molecule has 0 N–H and O–H groups in total. The first-order chi connectivity index (χ1) is 13.9. The molecule has 2 aromatic rings. The van der Waals surface area contributed by atoms with Crippen LogP contribution in [0.2, 0.25) is 0 Å². The molecule has 0 unspecified atom stereocenters. The van der Waals surface area contributed by atoms with Crippen LogP contribution >= 0.6 is 0 Å². The average Bonchev–Trinajstić information content (AvgIpc) is 2.71. The van der Waals surface area contributed by atoms with Gasteiger partial charge >= 0.3 is 12.6 Å². The number of rotatable bonds is 7. The lowest BCUT2D eigenvalue weighted by atomic mass is 10.1. The van der Waals surface area contributed by atoms with E-state index in [1.165, 1.54) is 31.4 Å². The van der Waals surface area contributed by atoms with Gasteiger partial charge in [-0.15, -0.1) is 0 Å². The Balaban J connectivity index is 1.78. The third-order valence-electron chi connectivity index (χ3n) is 3.89. The van der Waals surface area contributed by atoms with Crippen LogP contribution in [0.15, 0.2) is 30.3 Å². The zero-order valence-corrected chi connectivity index (χ0v) is 15.1. The number of carbonyl (C=O) groups is 1. The van der Waals surface area contributed by atoms with Crippen molar-refractivity contribution in [1.29, 1.82) is 0 Å². The Hall–Kier alpha value is -3.63. The maximum atomic E-state index is 12.4. The molecular formula is C18H15F2NO8. The van der Waals surface area contributed by atoms with E-state index in [9.17, 15) is 23.7 Å². The number of carbonyl (C=O) groups excluding carboxylic acids is 1. The topological polar surface area (TPSA) is 106 Å². The van der Waals surface area contributed by atoms with Gasteiger partial charge in [-0.2, -0.15) is 8.78 Å². The fourth-order valence-electron chi connectivity index (χ4n) is 2.61. The first-order valence-electron chi connectivity index (χ1n) is 8.26. The molecule has 11 heteroatoms. The Labute approximate surface area is 162 Å². The molecule has 0 atom stereocenters. The third kappa shape index (κ3) is 4.62. The highest BCUT2D eigenvalue weighted by molar-refractivity contribution is 5.95. The van der Waals surface area contributed by atoms with Gasteiger partial charge in [0.15, 0.2) is 23.0 Å². The van der Waals surface area contributed by atoms with Crippen LogP contribution in [-0.4, -0.2) is 37.8 Å². The number of nitrogens with zero attached hydrogens (tertiary/aromatic N) is 1. The molecule has 29 heavy (non-hydrogen) atoms. The van der Waals surface area contributed by atoms with E-state index in [1.54, 1.807) is 0 Å². The minimum atomic E-state index is -3.02. The maximum Gasteiger partial charge on any atom is 0.387 e. The lowest BCUT2D eigenvalue weighted by Crippen LogP contribution is -2.17. The van der Waals surface area contributed by atoms with Gasteiger partial charge in [-0.1, -0.05) is 6.07 Å². The van der Waals surface area contributed by atoms with Gasteiger partial charge in [0.05, 0.1) is 18.1 Å². The second kappa shape index (κ2) is 8.59. The predicted molar refractivity (Wildman–Crippen MR) is 92.8 cm³/mol. The zero-order valence-electron chi connectivity index (χ0n) is 15.1. The van der Waals surface area contributed by atoms with E-state index in [4.69, 9.17) is 18.9 Å². The zero-order chi connectivity index (χ0) is 21.0. The van der Waals surface area contributed by atoms with E-state index in [1.807, 2.05) is 0 Å². The van der Waals surface area contributed by atoms with Crippen molar-refractivity contribution in [3.63, 3.8) is 0 Å². The van der Waals surface area contributed by atoms with E-state index in [0.29, 0.717) is 5.56 Å². The van der Waals surface area contributed by atoms with Gasteiger partial charge in [-0.05, 0) is 17.7 Å². The van der Waals surface area contributed by atoms with Gasteiger partial charge in [-0.25, -0.2) is 4.79 Å². The molecule has 1 heterocycles. The smallest absolute Gasteiger partial charge is 0.387 e. The van der Waals surface area contributed by atoms with Gasteiger partial charge in [0.2, 0.25) is 0 Å². The summed E-state index contributed by atoms with van der Waals surface area (Å²) in [6.45, 7) is -2.83. The summed E-state index contributed by atoms with van der Waals surface area (Å²) in [4.78, 5) is 23.0. The molecule has 0 saturated heterocycles. The maximum absolute atomic E-state index is 12.4. The van der Waals surface area contributed by atoms with Crippen molar-refractivity contribution >= 4 is 11.7 Å². The molecule has 0 spiro atoms. The molecule has 0 bridgehead atoms. The number of esters is 1. The van der Waals surface area contributed by atoms with Crippen molar-refractivity contribution < 1.29 is 42.2 Å². The first-order valence-corrected chi connectivity index (χ1v) is 8.26. The molecule has 1 aliphatic rings. The van der Waals surface area contributed by atoms with E-state index < -0.39 is 23.2 Å². The predicted octanol–water partition coefficient (Wildman–Crippen LogP) is 3.33. The first kappa shape index (κ1) is 20.1. The minimum absolute atomic E-state index is 0.0177. The highest BCUT2D eigenvalue weighted by Gasteiger charge is 2.27. The molecule has 0 saturated carbocycles. The van der Waals surface area contributed by atoms with E-state index in [0.717, 1.165) is 6.07 Å². The Morgan fingerprint density at radius 1 is 1.17 bits per heavy atom. The molecule has 0 aliphatic carbocycles. The number of ether oxygens (including phenoxy) is 5. The quantitative estimate of drug-likeness (QED) is 0.388. The van der Waals surface area contributed by atoms with E-state index >= 15 is 0 Å². The molecular weight excluding hydrogens is 396 g/mol. The summed E-state index contributed by atoms with van der Waals surface area (Å²) in [6.07, 6.45) is 0. The van der Waals surface area contributed by atoms with E-state index in [2.05, 4.69) is 4.74 Å². The standard InChI is InChI=1S/C18H15F2NO8/c1-25-14-6-10(2-3-13(14)29-18(19)20)9-28-17(22)11-7-15-16(27-5-4-26-15)8-12(11)21(23)24/h2-3,6-8,18H,4-5,9H2,1H3. The summed E-state index contributed by atoms with van der Waals surface area (Å²) >= 11 is 0. The lowest BCUT2D eigenvalue weighted by Gasteiger charge is -2.18. The SMILES string of the molecule is COc1cc(COC(=O)c2cc3c(cc2[N+](=O)[O-])OCCO3)ccc1OC(F)F. The van der Waals surface area contributed by atoms with Crippen molar-refractivity contribution in [2.45, 2.75) is 13.2 Å². The molecule has 3 rings (SSSR count). The number of hydrogen-bond acceptors (Lipinski definition) is 8. The van der Waals surface area contributed by atoms with Crippen LogP contribution in [0.3, 0.4) is 0 Å². The summed E-state index contributed by atoms with van der Waals surface area (Å²) in [7, 11) is 1.27. The third-order valence-corrected chi connectivity index (χ3v) is 3.89. The Morgan fingerprint density at radius 2 is 1.86 bits per heavy atom. The normalized spacial score (nSPS) is 12.4. The second-order valence-corrected chi connectivity index (χ2v) is 5.71. The van der Waals surface area contributed by atoms with Gasteiger partial charge < -0.3 is 23.7 Å². The highest BCUT2D eigenvalue weighted by atomic mass is 19.3. The van der Waals surface area contributed by atoms with Gasteiger partial charge in [0.25, 0.3) is 5.69 Å². The Morgan fingerprint density at radius 3 is 2.48 bits per heavy atom. The Kier molecular flexibility index (Phi) is 5.96. The van der Waals surface area contributed by atoms with Crippen molar-refractivity contribution in [2.75, 3.05) is 20.3 Å². The summed E-state index contributed by atoms with van der Waals surface area (Å²) < 4.78 is 49.8. The van der Waals surface area contributed by atoms with Crippen LogP contribution in [0.25, 0.3) is 0 Å². The summed E-state index contributed by atoms with van der Waals surface area (Å²) in [6, 6.07) is 6.27. The molecule has 9 nitrogen and oxygen atoms in total. The highest BCUT2D eigenvalue weighted by Crippen LogP contribution is 2.37. The molecule has 0 fully saturated rings. The average molecular weight is 411 g/mol. The minimum Gasteiger partial charge on any atom is -0.493 e. The number of methoxy groups -OCH3 is 1. The number of nitro benzene ring substituents is 1. The number of nitro groups is 1. The largest absolute Gasteiger partial charge is 0.493 e. The van der Waals surface area contributed by atoms with Crippen molar-refractivity contribution in [3.05, 3.63) is 51.6 Å². The Bertz CT molecular complexity index is 934. The number of fused-ring (bicyclic) bond motifs is 1. The molecule has 154 valence electrons. The van der Waals surface area contributed by atoms with Gasteiger partial charge in [0, 0.05) is 6.07 Å². The van der Waals surface area contributed by atoms with Gasteiger partial charge in [-0.3, -0.25) is 10.1 Å². The van der Waals surface area contributed by atoms with Gasteiger partial charge in [0.1, 0.15) is 25.4 Å². The van der Waals surface area contributed by atoms with Crippen LogP contribution in [-0.2, 0) is 11.3 Å². The second-order valence-electron chi connectivity index (χ2n) is 5.71. The monoisotopic (exact) mass is 411 g/mol. The molecule has 0 aromatic heterocycles. The lowest BCUT2D eigenvalue weighted by molar-refractivity contribution is -0.385. The van der Waals surface area contributed by atoms with Crippen LogP contribution < -0.4 is 18.9 Å². The fraction of sp³-hybridized carbons (Fsp3) is 0.278. The van der Waals surface area contributed by atoms with E-state index in [-0.39, 0.29) is 48.4 Å². The summed E-state index contributed by atoms with van der Waals surface area (Å²) in [5.74, 6) is -0.757. The molecule has 0 amide bonds. The number of benzene rings is 2. The molecule has 1 aliphatic heterocycles. The van der Waals surface area contributed by atoms with Crippen molar-refractivity contribution in [3.8, 4) is 23.0 Å². The van der Waals surface area contributed by atoms with Crippen molar-refractivity contribution in [1.82, 2.24) is 0 Å². The molecule has 0 radical (unpaired) electrons. The van der Waals surface area contributed by atoms with Crippen LogP contribution in [0, 0.1) is 10.1 Å². The summed E-state index contributed by atoms with van der Waals surface area (Å²) in [5.41, 5.74) is -0.390. The van der Waals surface area contributed by atoms with Crippen molar-refractivity contribution in [2.24, 2.45) is 0 Å². The van der Waals surface area contributed by atoms with Crippen LogP contribution in [0.4, 0.5) is 14.5 Å². The number of hydrogen-bond donors (Lipinski definition) is 0. The molecule has 2 aromatic carbocycles. The number of alkyl halides is 2.